The monoisotopic (exact) mass is 249 g/mol. The van der Waals surface area contributed by atoms with E-state index in [9.17, 15) is 0 Å². The number of rotatable bonds is 8. The Kier molecular flexibility index (Phi) is 6.30. The molecule has 1 aromatic rings. The summed E-state index contributed by atoms with van der Waals surface area (Å²) in [5.74, 6) is 0. The molecule has 0 amide bonds. The van der Waals surface area contributed by atoms with Crippen molar-refractivity contribution in [2.45, 2.75) is 40.2 Å². The van der Waals surface area contributed by atoms with Crippen LogP contribution in [-0.4, -0.2) is 29.5 Å². The zero-order valence-electron chi connectivity index (χ0n) is 12.0. The van der Waals surface area contributed by atoms with E-state index >= 15 is 0 Å². The molecule has 0 aliphatic carbocycles. The lowest BCUT2D eigenvalue weighted by Gasteiger charge is -2.35. The minimum absolute atomic E-state index is 0.255. The van der Waals surface area contributed by atoms with E-state index in [1.807, 2.05) is 18.3 Å². The third kappa shape index (κ3) is 4.07. The van der Waals surface area contributed by atoms with Gasteiger partial charge in [0.1, 0.15) is 0 Å². The van der Waals surface area contributed by atoms with Crippen LogP contribution in [0.2, 0.25) is 0 Å². The minimum Gasteiger partial charge on any atom is -0.330 e. The molecule has 0 aliphatic rings. The Morgan fingerprint density at radius 1 is 1.22 bits per heavy atom. The van der Waals surface area contributed by atoms with Crippen LogP contribution in [-0.2, 0) is 6.54 Å². The summed E-state index contributed by atoms with van der Waals surface area (Å²) in [7, 11) is 0. The summed E-state index contributed by atoms with van der Waals surface area (Å²) in [6.45, 7) is 10.5. The van der Waals surface area contributed by atoms with Crippen LogP contribution in [0, 0.1) is 5.41 Å². The van der Waals surface area contributed by atoms with Gasteiger partial charge >= 0.3 is 0 Å². The van der Waals surface area contributed by atoms with Crippen LogP contribution in [0.4, 0.5) is 0 Å². The lowest BCUT2D eigenvalue weighted by atomic mass is 9.82. The van der Waals surface area contributed by atoms with Crippen molar-refractivity contribution in [1.29, 1.82) is 0 Å². The first-order valence-corrected chi connectivity index (χ1v) is 7.02. The van der Waals surface area contributed by atoms with Crippen molar-refractivity contribution in [3.8, 4) is 0 Å². The van der Waals surface area contributed by atoms with E-state index in [-0.39, 0.29) is 5.41 Å². The summed E-state index contributed by atoms with van der Waals surface area (Å²) < 4.78 is 0. The van der Waals surface area contributed by atoms with Crippen LogP contribution < -0.4 is 5.73 Å². The van der Waals surface area contributed by atoms with Crippen LogP contribution in [0.1, 0.15) is 39.3 Å². The second-order valence-electron chi connectivity index (χ2n) is 5.04. The van der Waals surface area contributed by atoms with E-state index < -0.39 is 0 Å². The van der Waals surface area contributed by atoms with E-state index in [1.54, 1.807) is 0 Å². The van der Waals surface area contributed by atoms with Crippen molar-refractivity contribution in [3.63, 3.8) is 0 Å². The summed E-state index contributed by atoms with van der Waals surface area (Å²) >= 11 is 0. The first-order chi connectivity index (χ1) is 8.69. The number of aromatic nitrogens is 1. The Balaban J connectivity index is 2.66. The number of hydrogen-bond acceptors (Lipinski definition) is 3. The maximum absolute atomic E-state index is 5.98. The summed E-state index contributed by atoms with van der Waals surface area (Å²) in [5, 5.41) is 0. The molecule has 0 unspecified atom stereocenters. The third-order valence-electron chi connectivity index (χ3n) is 4.05. The lowest BCUT2D eigenvalue weighted by Crippen LogP contribution is -2.41. The van der Waals surface area contributed by atoms with Crippen LogP contribution in [0.25, 0.3) is 0 Å². The molecule has 0 aromatic carbocycles. The van der Waals surface area contributed by atoms with Crippen molar-refractivity contribution in [1.82, 2.24) is 9.88 Å². The standard InChI is InChI=1S/C15H27N3/c1-4-15(5-2,12-16)13-18(6-3)11-14-9-7-8-10-17-14/h7-10H,4-6,11-13,16H2,1-3H3. The fraction of sp³-hybridized carbons (Fsp3) is 0.667. The molecule has 0 radical (unpaired) electrons. The molecule has 0 fully saturated rings. The number of pyridine rings is 1. The molecule has 0 aliphatic heterocycles. The smallest absolute Gasteiger partial charge is 0.0543 e. The Hall–Kier alpha value is -0.930. The molecule has 0 spiro atoms. The second kappa shape index (κ2) is 7.49. The molecule has 1 heterocycles. The summed E-state index contributed by atoms with van der Waals surface area (Å²) in [4.78, 5) is 6.85. The molecule has 0 atom stereocenters. The molecular weight excluding hydrogens is 222 g/mol. The van der Waals surface area contributed by atoms with Gasteiger partial charge < -0.3 is 5.73 Å². The normalized spacial score (nSPS) is 12.1. The molecule has 18 heavy (non-hydrogen) atoms. The van der Waals surface area contributed by atoms with Crippen LogP contribution in [0.3, 0.4) is 0 Å². The van der Waals surface area contributed by atoms with Crippen molar-refractivity contribution < 1.29 is 0 Å². The average molecular weight is 249 g/mol. The van der Waals surface area contributed by atoms with Gasteiger partial charge in [-0.25, -0.2) is 0 Å². The molecule has 0 saturated heterocycles. The van der Waals surface area contributed by atoms with E-state index in [2.05, 4.69) is 36.7 Å². The highest BCUT2D eigenvalue weighted by Crippen LogP contribution is 2.26. The van der Waals surface area contributed by atoms with Gasteiger partial charge in [-0.3, -0.25) is 9.88 Å². The number of nitrogens with zero attached hydrogens (tertiary/aromatic N) is 2. The Morgan fingerprint density at radius 3 is 2.39 bits per heavy atom. The van der Waals surface area contributed by atoms with Gasteiger partial charge in [-0.2, -0.15) is 0 Å². The molecular formula is C15H27N3. The van der Waals surface area contributed by atoms with Gasteiger partial charge in [0, 0.05) is 19.3 Å². The Morgan fingerprint density at radius 2 is 1.94 bits per heavy atom. The first-order valence-electron chi connectivity index (χ1n) is 7.02. The predicted octanol–water partition coefficient (Wildman–Crippen LogP) is 2.67. The van der Waals surface area contributed by atoms with Crippen molar-refractivity contribution in [2.75, 3.05) is 19.6 Å². The largest absolute Gasteiger partial charge is 0.330 e. The molecule has 3 nitrogen and oxygen atoms in total. The SMILES string of the molecule is CCN(Cc1ccccn1)CC(CC)(CC)CN. The van der Waals surface area contributed by atoms with Gasteiger partial charge in [-0.05, 0) is 43.5 Å². The molecule has 0 saturated carbocycles. The zero-order chi connectivity index (χ0) is 13.4. The van der Waals surface area contributed by atoms with Gasteiger partial charge in [0.05, 0.1) is 5.69 Å². The molecule has 1 aromatic heterocycles. The van der Waals surface area contributed by atoms with Crippen LogP contribution >= 0.6 is 0 Å². The topological polar surface area (TPSA) is 42.2 Å². The highest BCUT2D eigenvalue weighted by molar-refractivity contribution is 5.03. The Bertz CT molecular complexity index is 312. The van der Waals surface area contributed by atoms with E-state index in [0.717, 1.165) is 44.7 Å². The summed E-state index contributed by atoms with van der Waals surface area (Å²) in [6.07, 6.45) is 4.14. The molecule has 1 rings (SSSR count). The predicted molar refractivity (Wildman–Crippen MR) is 77.3 cm³/mol. The highest BCUT2D eigenvalue weighted by atomic mass is 15.1. The van der Waals surface area contributed by atoms with Crippen LogP contribution in [0.5, 0.6) is 0 Å². The number of nitrogens with two attached hydrogens (primary N) is 1. The van der Waals surface area contributed by atoms with E-state index in [1.165, 1.54) is 0 Å². The fourth-order valence-corrected chi connectivity index (χ4v) is 2.30. The van der Waals surface area contributed by atoms with Gasteiger partial charge in [-0.1, -0.05) is 26.8 Å². The first kappa shape index (κ1) is 15.1. The third-order valence-corrected chi connectivity index (χ3v) is 4.05. The van der Waals surface area contributed by atoms with E-state index in [4.69, 9.17) is 5.73 Å². The number of hydrogen-bond donors (Lipinski definition) is 1. The van der Waals surface area contributed by atoms with E-state index in [0.29, 0.717) is 0 Å². The Labute approximate surface area is 111 Å². The minimum atomic E-state index is 0.255. The molecule has 2 N–H and O–H groups in total. The molecule has 3 heteroatoms. The highest BCUT2D eigenvalue weighted by Gasteiger charge is 2.26. The second-order valence-corrected chi connectivity index (χ2v) is 5.04. The lowest BCUT2D eigenvalue weighted by molar-refractivity contribution is 0.142. The van der Waals surface area contributed by atoms with Crippen molar-refractivity contribution in [3.05, 3.63) is 30.1 Å². The van der Waals surface area contributed by atoms with Gasteiger partial charge in [0.2, 0.25) is 0 Å². The summed E-state index contributed by atoms with van der Waals surface area (Å²) in [5.41, 5.74) is 7.37. The fourth-order valence-electron chi connectivity index (χ4n) is 2.30. The van der Waals surface area contributed by atoms with Gasteiger partial charge in [0.15, 0.2) is 0 Å². The maximum Gasteiger partial charge on any atom is 0.0543 e. The van der Waals surface area contributed by atoms with Crippen molar-refractivity contribution >= 4 is 0 Å². The average Bonchev–Trinajstić information content (AvgIpc) is 2.45. The quantitative estimate of drug-likeness (QED) is 0.770. The van der Waals surface area contributed by atoms with Gasteiger partial charge in [0.25, 0.3) is 0 Å². The summed E-state index contributed by atoms with van der Waals surface area (Å²) in [6, 6.07) is 6.10. The van der Waals surface area contributed by atoms with Crippen LogP contribution in [0.15, 0.2) is 24.4 Å². The molecule has 0 bridgehead atoms. The molecule has 102 valence electrons. The van der Waals surface area contributed by atoms with Gasteiger partial charge in [-0.15, -0.1) is 0 Å². The zero-order valence-corrected chi connectivity index (χ0v) is 12.0. The van der Waals surface area contributed by atoms with Crippen molar-refractivity contribution in [2.24, 2.45) is 11.1 Å². The maximum atomic E-state index is 5.98.